The van der Waals surface area contributed by atoms with Crippen molar-refractivity contribution in [3.05, 3.63) is 47.2 Å². The number of sulfonamides is 1. The number of aryl methyl sites for hydroxylation is 2. The molecule has 1 aromatic heterocycles. The van der Waals surface area contributed by atoms with Gasteiger partial charge in [-0.2, -0.15) is 0 Å². The molecule has 2 aliphatic heterocycles. The van der Waals surface area contributed by atoms with Crippen molar-refractivity contribution in [2.45, 2.75) is 56.3 Å². The SMILES string of the molecule is O=C(O)c1cc(NS(=O)(=O)c2ccc3c(c2)CCCC3)cnc1N1CCC[C@@H](CN2CCCC2)C1. The summed E-state index contributed by atoms with van der Waals surface area (Å²) in [5, 5.41) is 9.91. The van der Waals surface area contributed by atoms with Crippen LogP contribution in [0, 0.1) is 5.92 Å². The number of likely N-dealkylation sites (tertiary alicyclic amines) is 1. The largest absolute Gasteiger partial charge is 0.478 e. The second kappa shape index (κ2) is 10.1. The number of carboxylic acids is 1. The molecule has 0 saturated carbocycles. The molecule has 2 saturated heterocycles. The average Bonchev–Trinajstić information content (AvgIpc) is 3.36. The van der Waals surface area contributed by atoms with Crippen molar-refractivity contribution < 1.29 is 18.3 Å². The van der Waals surface area contributed by atoms with Crippen molar-refractivity contribution in [1.29, 1.82) is 0 Å². The summed E-state index contributed by atoms with van der Waals surface area (Å²) in [6, 6.07) is 6.65. The number of aromatic carboxylic acids is 1. The first-order valence-electron chi connectivity index (χ1n) is 12.7. The van der Waals surface area contributed by atoms with Crippen molar-refractivity contribution in [3.8, 4) is 0 Å². The zero-order valence-electron chi connectivity index (χ0n) is 20.1. The van der Waals surface area contributed by atoms with E-state index in [2.05, 4.69) is 19.5 Å². The van der Waals surface area contributed by atoms with Crippen LogP contribution in [0.5, 0.6) is 0 Å². The van der Waals surface area contributed by atoms with E-state index in [1.54, 1.807) is 12.1 Å². The molecule has 2 fully saturated rings. The molecule has 9 heteroatoms. The number of nitrogens with one attached hydrogen (secondary N) is 1. The molecule has 2 N–H and O–H groups in total. The van der Waals surface area contributed by atoms with Gasteiger partial charge >= 0.3 is 5.97 Å². The van der Waals surface area contributed by atoms with Crippen LogP contribution < -0.4 is 9.62 Å². The first-order chi connectivity index (χ1) is 16.9. The van der Waals surface area contributed by atoms with Crippen LogP contribution >= 0.6 is 0 Å². The fraction of sp³-hybridized carbons (Fsp3) is 0.538. The summed E-state index contributed by atoms with van der Waals surface area (Å²) in [6.45, 7) is 4.86. The van der Waals surface area contributed by atoms with Gasteiger partial charge in [0.25, 0.3) is 10.0 Å². The highest BCUT2D eigenvalue weighted by molar-refractivity contribution is 7.92. The van der Waals surface area contributed by atoms with Gasteiger partial charge in [-0.25, -0.2) is 18.2 Å². The van der Waals surface area contributed by atoms with E-state index >= 15 is 0 Å². The summed E-state index contributed by atoms with van der Waals surface area (Å²) in [4.78, 5) is 21.3. The average molecular weight is 499 g/mol. The van der Waals surface area contributed by atoms with E-state index in [0.29, 0.717) is 11.7 Å². The van der Waals surface area contributed by atoms with Crippen molar-refractivity contribution in [2.75, 3.05) is 42.3 Å². The first kappa shape index (κ1) is 24.1. The number of carbonyl (C=O) groups is 1. The van der Waals surface area contributed by atoms with Gasteiger partial charge in [0.05, 0.1) is 16.8 Å². The van der Waals surface area contributed by atoms with Gasteiger partial charge < -0.3 is 14.9 Å². The Hall–Kier alpha value is -2.65. The molecule has 2 aromatic rings. The second-order valence-corrected chi connectivity index (χ2v) is 11.8. The Kier molecular flexibility index (Phi) is 6.98. The van der Waals surface area contributed by atoms with E-state index in [1.165, 1.54) is 30.7 Å². The monoisotopic (exact) mass is 498 g/mol. The highest BCUT2D eigenvalue weighted by atomic mass is 32.2. The van der Waals surface area contributed by atoms with Crippen LogP contribution in [0.2, 0.25) is 0 Å². The fourth-order valence-corrected chi connectivity index (χ4v) is 6.83. The lowest BCUT2D eigenvalue weighted by Gasteiger charge is -2.36. The Morgan fingerprint density at radius 1 is 1.03 bits per heavy atom. The Bertz CT molecular complexity index is 1190. The van der Waals surface area contributed by atoms with Gasteiger partial charge in [-0.1, -0.05) is 6.07 Å². The highest BCUT2D eigenvalue weighted by Crippen LogP contribution is 2.29. The van der Waals surface area contributed by atoms with Crippen LogP contribution in [0.25, 0.3) is 0 Å². The van der Waals surface area contributed by atoms with E-state index in [9.17, 15) is 18.3 Å². The summed E-state index contributed by atoms with van der Waals surface area (Å²) in [6.07, 6.45) is 10.1. The van der Waals surface area contributed by atoms with Crippen LogP contribution in [0.15, 0.2) is 35.4 Å². The summed E-state index contributed by atoms with van der Waals surface area (Å²) in [5.74, 6) is -0.211. The molecule has 1 atom stereocenters. The maximum Gasteiger partial charge on any atom is 0.339 e. The van der Waals surface area contributed by atoms with Crippen molar-refractivity contribution >= 4 is 27.5 Å². The number of benzene rings is 1. The molecule has 35 heavy (non-hydrogen) atoms. The molecule has 0 amide bonds. The van der Waals surface area contributed by atoms with Crippen LogP contribution in [0.4, 0.5) is 11.5 Å². The Morgan fingerprint density at radius 3 is 2.57 bits per heavy atom. The summed E-state index contributed by atoms with van der Waals surface area (Å²) >= 11 is 0. The number of fused-ring (bicyclic) bond motifs is 1. The summed E-state index contributed by atoms with van der Waals surface area (Å²) in [5.41, 5.74) is 2.47. The smallest absolute Gasteiger partial charge is 0.339 e. The number of pyridine rings is 1. The minimum absolute atomic E-state index is 0.0254. The topological polar surface area (TPSA) is 103 Å². The number of aromatic nitrogens is 1. The highest BCUT2D eigenvalue weighted by Gasteiger charge is 2.27. The van der Waals surface area contributed by atoms with Gasteiger partial charge in [0.2, 0.25) is 0 Å². The number of anilines is 2. The Balaban J connectivity index is 1.34. The molecular formula is C26H34N4O4S. The fourth-order valence-electron chi connectivity index (χ4n) is 5.75. The molecule has 1 aliphatic carbocycles. The van der Waals surface area contributed by atoms with Gasteiger partial charge in [-0.15, -0.1) is 0 Å². The predicted octanol–water partition coefficient (Wildman–Crippen LogP) is 3.77. The Morgan fingerprint density at radius 2 is 1.80 bits per heavy atom. The van der Waals surface area contributed by atoms with Crippen LogP contribution in [-0.2, 0) is 22.9 Å². The molecule has 188 valence electrons. The molecule has 1 aromatic carbocycles. The van der Waals surface area contributed by atoms with Gasteiger partial charge in [0.1, 0.15) is 11.4 Å². The zero-order chi connectivity index (χ0) is 24.4. The zero-order valence-corrected chi connectivity index (χ0v) is 20.9. The van der Waals surface area contributed by atoms with Crippen molar-refractivity contribution in [3.63, 3.8) is 0 Å². The van der Waals surface area contributed by atoms with Gasteiger partial charge in [-0.3, -0.25) is 4.72 Å². The molecule has 0 radical (unpaired) electrons. The van der Waals surface area contributed by atoms with Gasteiger partial charge in [0.15, 0.2) is 0 Å². The van der Waals surface area contributed by atoms with E-state index in [0.717, 1.165) is 76.8 Å². The van der Waals surface area contributed by atoms with Crippen LogP contribution in [-0.4, -0.2) is 62.1 Å². The lowest BCUT2D eigenvalue weighted by Crippen LogP contribution is -2.41. The molecule has 3 aliphatic rings. The number of hydrogen-bond acceptors (Lipinski definition) is 6. The number of rotatable bonds is 7. The lowest BCUT2D eigenvalue weighted by atomic mass is 9.92. The minimum Gasteiger partial charge on any atom is -0.478 e. The predicted molar refractivity (Wildman–Crippen MR) is 136 cm³/mol. The molecule has 8 nitrogen and oxygen atoms in total. The van der Waals surface area contributed by atoms with Crippen LogP contribution in [0.3, 0.4) is 0 Å². The maximum absolute atomic E-state index is 13.1. The van der Waals surface area contributed by atoms with E-state index in [1.807, 2.05) is 6.07 Å². The molecule has 3 heterocycles. The number of nitrogens with zero attached hydrogens (tertiary/aromatic N) is 3. The lowest BCUT2D eigenvalue weighted by molar-refractivity contribution is 0.0697. The van der Waals surface area contributed by atoms with Gasteiger partial charge in [-0.05, 0) is 99.7 Å². The third-order valence-electron chi connectivity index (χ3n) is 7.51. The molecule has 0 bridgehead atoms. The van der Waals surface area contributed by atoms with Crippen molar-refractivity contribution in [1.82, 2.24) is 9.88 Å². The second-order valence-electron chi connectivity index (χ2n) is 10.1. The van der Waals surface area contributed by atoms with Crippen molar-refractivity contribution in [2.24, 2.45) is 5.92 Å². The summed E-state index contributed by atoms with van der Waals surface area (Å²) < 4.78 is 28.7. The number of hydrogen-bond donors (Lipinski definition) is 2. The molecule has 0 unspecified atom stereocenters. The van der Waals surface area contributed by atoms with E-state index in [-0.39, 0.29) is 16.1 Å². The first-order valence-corrected chi connectivity index (χ1v) is 14.2. The molecule has 0 spiro atoms. The van der Waals surface area contributed by atoms with Crippen LogP contribution in [0.1, 0.15) is 60.0 Å². The third-order valence-corrected chi connectivity index (χ3v) is 8.89. The normalized spacial score (nSPS) is 21.0. The quantitative estimate of drug-likeness (QED) is 0.599. The van der Waals surface area contributed by atoms with E-state index in [4.69, 9.17) is 0 Å². The maximum atomic E-state index is 13.1. The van der Waals surface area contributed by atoms with Gasteiger partial charge in [0, 0.05) is 19.6 Å². The minimum atomic E-state index is -3.85. The third kappa shape index (κ3) is 5.46. The van der Waals surface area contributed by atoms with E-state index < -0.39 is 16.0 Å². The standard InChI is InChI=1S/C26H34N4O4S/c31-26(32)24-15-22(28-35(33,34)23-10-9-20-7-1-2-8-21(20)14-23)16-27-25(24)30-13-5-6-19(18-30)17-29-11-3-4-12-29/h9-10,14-16,19,28H,1-8,11-13,17-18H2,(H,31,32)/t19-/m0/s1. The molecular weight excluding hydrogens is 464 g/mol. The summed E-state index contributed by atoms with van der Waals surface area (Å²) in [7, 11) is -3.85. The number of carboxylic acid groups (broad SMARTS) is 1. The number of piperidine rings is 1. The molecule has 5 rings (SSSR count). The Labute approximate surface area is 207 Å².